The third-order valence-electron chi connectivity index (χ3n) is 9.20. The number of likely N-dealkylation sites (N-methyl/N-ethyl adjacent to an activating group) is 1. The van der Waals surface area contributed by atoms with E-state index < -0.39 is 11.6 Å². The van der Waals surface area contributed by atoms with E-state index >= 15 is 0 Å². The third-order valence-corrected chi connectivity index (χ3v) is 9.20. The van der Waals surface area contributed by atoms with Crippen LogP contribution >= 0.6 is 0 Å². The summed E-state index contributed by atoms with van der Waals surface area (Å²) < 4.78 is 1.53. The molecule has 0 aliphatic carbocycles. The number of hydrogen-bond acceptors (Lipinski definition) is 8. The van der Waals surface area contributed by atoms with E-state index in [9.17, 15) is 9.59 Å². The van der Waals surface area contributed by atoms with Gasteiger partial charge < -0.3 is 20.9 Å². The Balaban J connectivity index is 1.29. The van der Waals surface area contributed by atoms with E-state index in [1.807, 2.05) is 86.6 Å². The molecule has 2 atom stereocenters. The lowest BCUT2D eigenvalue weighted by atomic mass is 9.82. The lowest BCUT2D eigenvalue weighted by molar-refractivity contribution is 0.0876. The van der Waals surface area contributed by atoms with Crippen molar-refractivity contribution in [3.63, 3.8) is 0 Å². The van der Waals surface area contributed by atoms with E-state index in [-0.39, 0.29) is 11.3 Å². The number of anilines is 4. The molecule has 2 aliphatic heterocycles. The molecule has 7 rings (SSSR count). The molecular weight excluding hydrogens is 586 g/mol. The van der Waals surface area contributed by atoms with Crippen LogP contribution < -0.4 is 21.5 Å². The van der Waals surface area contributed by atoms with Crippen LogP contribution in [0.5, 0.6) is 0 Å². The maximum absolute atomic E-state index is 14.6. The van der Waals surface area contributed by atoms with Crippen molar-refractivity contribution in [1.29, 1.82) is 0 Å². The number of nitrogens with zero attached hydrogens (tertiary/aromatic N) is 4. The molecule has 4 heterocycles. The fourth-order valence-corrected chi connectivity index (χ4v) is 6.87. The molecular formula is C38H39N7O2. The van der Waals surface area contributed by atoms with Gasteiger partial charge in [0.25, 0.3) is 5.56 Å². The third kappa shape index (κ3) is 5.90. The van der Waals surface area contributed by atoms with Crippen molar-refractivity contribution in [2.45, 2.75) is 44.3 Å². The van der Waals surface area contributed by atoms with Gasteiger partial charge in [-0.2, -0.15) is 4.98 Å². The number of nitrogens with one attached hydrogen (secondary N) is 3. The van der Waals surface area contributed by atoms with Crippen molar-refractivity contribution in [3.8, 4) is 0 Å². The number of pyridine rings is 1. The zero-order chi connectivity index (χ0) is 32.7. The molecule has 47 heavy (non-hydrogen) atoms. The first-order valence-corrected chi connectivity index (χ1v) is 16.1. The van der Waals surface area contributed by atoms with Crippen molar-refractivity contribution >= 4 is 45.4 Å². The molecule has 1 saturated heterocycles. The lowest BCUT2D eigenvalue weighted by Crippen LogP contribution is -2.51. The van der Waals surface area contributed by atoms with Crippen LogP contribution in [0.25, 0.3) is 16.6 Å². The molecule has 238 valence electrons. The molecule has 0 spiro atoms. The zero-order valence-corrected chi connectivity index (χ0v) is 27.0. The monoisotopic (exact) mass is 625 g/mol. The van der Waals surface area contributed by atoms with Gasteiger partial charge in [-0.15, -0.1) is 0 Å². The molecule has 1 fully saturated rings. The van der Waals surface area contributed by atoms with Gasteiger partial charge in [0.1, 0.15) is 11.7 Å². The first-order chi connectivity index (χ1) is 22.7. The quantitative estimate of drug-likeness (QED) is 0.183. The first kappa shape index (κ1) is 30.4. The Morgan fingerprint density at radius 1 is 0.979 bits per heavy atom. The van der Waals surface area contributed by atoms with Crippen molar-refractivity contribution in [1.82, 2.24) is 19.4 Å². The van der Waals surface area contributed by atoms with Crippen molar-refractivity contribution in [2.75, 3.05) is 36.1 Å². The van der Waals surface area contributed by atoms with Crippen LogP contribution in [0.3, 0.4) is 0 Å². The highest BCUT2D eigenvalue weighted by atomic mass is 16.1. The summed E-state index contributed by atoms with van der Waals surface area (Å²) in [7, 11) is 2.16. The second-order valence-electron chi connectivity index (χ2n) is 13.2. The highest BCUT2D eigenvalue weighted by Crippen LogP contribution is 2.39. The molecule has 2 aliphatic rings. The number of benzene rings is 3. The maximum atomic E-state index is 14.6. The van der Waals surface area contributed by atoms with Gasteiger partial charge in [0.05, 0.1) is 5.54 Å². The fourth-order valence-electron chi connectivity index (χ4n) is 6.87. The van der Waals surface area contributed by atoms with Gasteiger partial charge in [-0.05, 0) is 93.9 Å². The number of carbonyl (C=O) groups excluding carboxylic acids is 1. The lowest BCUT2D eigenvalue weighted by Gasteiger charge is -2.41. The standard InChI is InChI=1S/C38H39N7O2/c1-24(25-11-6-5-7-12-25)31-21-26-22-39-37(41-28-18-16-27(17-19-28)40-29-13-10-20-44(4)23-29)42-35(26)45(36(31)47)34-33(46)30-14-8-9-15-32(30)43-38(34,2)3/h5-9,11-12,14-19,21-22,29,34,40,43H,1,10,13,20,23H2,2-4H3,(H,39,41,42). The molecule has 0 radical (unpaired) electrons. The molecule has 0 amide bonds. The number of hydrogen-bond donors (Lipinski definition) is 3. The number of fused-ring (bicyclic) bond motifs is 2. The van der Waals surface area contributed by atoms with Crippen LogP contribution in [0, 0.1) is 0 Å². The van der Waals surface area contributed by atoms with Crippen molar-refractivity contribution in [2.24, 2.45) is 0 Å². The van der Waals surface area contributed by atoms with Crippen molar-refractivity contribution < 1.29 is 4.79 Å². The van der Waals surface area contributed by atoms with Crippen LogP contribution in [0.1, 0.15) is 54.2 Å². The average molecular weight is 626 g/mol. The number of carbonyl (C=O) groups is 1. The summed E-state index contributed by atoms with van der Waals surface area (Å²) in [6.45, 7) is 10.3. The summed E-state index contributed by atoms with van der Waals surface area (Å²) in [5.74, 6) is 0.167. The van der Waals surface area contributed by atoms with Gasteiger partial charge >= 0.3 is 0 Å². The zero-order valence-electron chi connectivity index (χ0n) is 27.0. The Kier molecular flexibility index (Phi) is 7.85. The van der Waals surface area contributed by atoms with E-state index in [0.29, 0.717) is 39.7 Å². The summed E-state index contributed by atoms with van der Waals surface area (Å²) in [6, 6.07) is 26.3. The molecule has 3 aromatic carbocycles. The summed E-state index contributed by atoms with van der Waals surface area (Å²) >= 11 is 0. The SMILES string of the molecule is C=C(c1ccccc1)c1cc2cnc(Nc3ccc(NC4CCCN(C)C4)cc3)nc2n(C2C(=O)c3ccccc3NC2(C)C)c1=O. The van der Waals surface area contributed by atoms with Crippen molar-refractivity contribution in [3.05, 3.63) is 125 Å². The average Bonchev–Trinajstić information content (AvgIpc) is 3.06. The van der Waals surface area contributed by atoms with Crippen LogP contribution in [0.4, 0.5) is 23.0 Å². The smallest absolute Gasteiger partial charge is 0.260 e. The first-order valence-electron chi connectivity index (χ1n) is 16.1. The van der Waals surface area contributed by atoms with Crippen LogP contribution in [-0.4, -0.2) is 56.9 Å². The Morgan fingerprint density at radius 2 is 1.70 bits per heavy atom. The van der Waals surface area contributed by atoms with E-state index in [4.69, 9.17) is 4.98 Å². The minimum atomic E-state index is -0.886. The largest absolute Gasteiger partial charge is 0.381 e. The topological polar surface area (TPSA) is 104 Å². The predicted octanol–water partition coefficient (Wildman–Crippen LogP) is 6.73. The second-order valence-corrected chi connectivity index (χ2v) is 13.2. The number of ketones is 1. The number of piperidine rings is 1. The van der Waals surface area contributed by atoms with Crippen LogP contribution in [0.15, 0.2) is 102 Å². The summed E-state index contributed by atoms with van der Waals surface area (Å²) in [5.41, 5.74) is 4.13. The molecule has 2 unspecified atom stereocenters. The highest BCUT2D eigenvalue weighted by Gasteiger charge is 2.44. The molecule has 9 heteroatoms. The van der Waals surface area contributed by atoms with E-state index in [1.165, 1.54) is 11.0 Å². The summed E-state index contributed by atoms with van der Waals surface area (Å²) in [4.78, 5) is 40.7. The maximum Gasteiger partial charge on any atom is 0.260 e. The molecule has 9 nitrogen and oxygen atoms in total. The van der Waals surface area contributed by atoms with Gasteiger partial charge in [-0.1, -0.05) is 49.0 Å². The molecule has 0 bridgehead atoms. The van der Waals surface area contributed by atoms with E-state index in [0.717, 1.165) is 42.1 Å². The number of likely N-dealkylation sites (tertiary alicyclic amines) is 1. The van der Waals surface area contributed by atoms with Gasteiger partial charge in [0.2, 0.25) is 5.95 Å². The molecule has 3 N–H and O–H groups in total. The number of rotatable bonds is 7. The molecule has 0 saturated carbocycles. The number of aromatic nitrogens is 3. The number of Topliss-reactive ketones (excluding diaryl/α,β-unsaturated/α-hetero) is 1. The number of para-hydroxylation sites is 1. The van der Waals surface area contributed by atoms with Gasteiger partial charge in [0.15, 0.2) is 5.78 Å². The van der Waals surface area contributed by atoms with Crippen LogP contribution in [-0.2, 0) is 0 Å². The fraction of sp³-hybridized carbons (Fsp3) is 0.263. The molecule has 2 aromatic heterocycles. The van der Waals surface area contributed by atoms with Crippen LogP contribution in [0.2, 0.25) is 0 Å². The normalized spacial score (nSPS) is 19.1. The minimum absolute atomic E-state index is 0.157. The minimum Gasteiger partial charge on any atom is -0.381 e. The summed E-state index contributed by atoms with van der Waals surface area (Å²) in [6.07, 6.45) is 4.03. The Labute approximate surface area is 274 Å². The van der Waals surface area contributed by atoms with Gasteiger partial charge in [0, 0.05) is 52.4 Å². The van der Waals surface area contributed by atoms with E-state index in [1.54, 1.807) is 18.3 Å². The molecule has 5 aromatic rings. The Morgan fingerprint density at radius 3 is 2.47 bits per heavy atom. The Hall–Kier alpha value is -5.28. The van der Waals surface area contributed by atoms with Gasteiger partial charge in [-0.3, -0.25) is 14.2 Å². The highest BCUT2D eigenvalue weighted by molar-refractivity contribution is 6.07. The Bertz CT molecular complexity index is 2040. The summed E-state index contributed by atoms with van der Waals surface area (Å²) in [5, 5.41) is 11.1. The van der Waals surface area contributed by atoms with E-state index in [2.05, 4.69) is 39.5 Å². The predicted molar refractivity (Wildman–Crippen MR) is 190 cm³/mol. The second kappa shape index (κ2) is 12.1. The van der Waals surface area contributed by atoms with Gasteiger partial charge in [-0.25, -0.2) is 4.98 Å².